The molecule has 0 amide bonds. The zero-order chi connectivity index (χ0) is 9.78. The van der Waals surface area contributed by atoms with Crippen LogP contribution in [0.5, 0.6) is 0 Å². The van der Waals surface area contributed by atoms with Crippen LogP contribution in [0.1, 0.15) is 64.7 Å². The van der Waals surface area contributed by atoms with Crippen LogP contribution >= 0.6 is 0 Å². The largest absolute Gasteiger partial charge is 0.345 e. The Kier molecular flexibility index (Phi) is 12.3. The van der Waals surface area contributed by atoms with Crippen LogP contribution in [0, 0.1) is 0 Å². The summed E-state index contributed by atoms with van der Waals surface area (Å²) in [4.78, 5) is 3.33. The quantitative estimate of drug-likeness (QED) is 0.423. The Morgan fingerprint density at radius 3 is 1.69 bits per heavy atom. The number of nitrogens with one attached hydrogen (secondary N) is 1. The third kappa shape index (κ3) is 12.2. The molecular weight excluding hydrogens is 174 g/mol. The van der Waals surface area contributed by atoms with Crippen molar-refractivity contribution >= 4 is 10.4 Å². The van der Waals surface area contributed by atoms with Gasteiger partial charge in [0.25, 0.3) is 0 Å². The van der Waals surface area contributed by atoms with Crippen LogP contribution in [0.3, 0.4) is 0 Å². The van der Waals surface area contributed by atoms with E-state index in [1.54, 1.807) is 0 Å². The average Bonchev–Trinajstić information content (AvgIpc) is 2.16. The van der Waals surface area contributed by atoms with Crippen LogP contribution in [-0.2, 0) is 0 Å². The maximum Gasteiger partial charge on any atom is 0.0749 e. The lowest BCUT2D eigenvalue weighted by Crippen LogP contribution is -2.09. The summed E-state index contributed by atoms with van der Waals surface area (Å²) < 4.78 is 0. The van der Waals surface area contributed by atoms with E-state index in [2.05, 4.69) is 11.9 Å². The van der Waals surface area contributed by atoms with Gasteiger partial charge in [-0.05, 0) is 13.0 Å². The van der Waals surface area contributed by atoms with Crippen LogP contribution in [0.2, 0.25) is 0 Å². The summed E-state index contributed by atoms with van der Waals surface area (Å²) in [7, 11) is 1.16. The summed E-state index contributed by atoms with van der Waals surface area (Å²) in [6, 6.07) is 0. The van der Waals surface area contributed by atoms with E-state index in [1.807, 2.05) is 0 Å². The molecular formula is C11H27NSi. The van der Waals surface area contributed by atoms with Crippen molar-refractivity contribution in [3.63, 3.8) is 0 Å². The molecule has 80 valence electrons. The topological polar surface area (TPSA) is 12.0 Å². The van der Waals surface area contributed by atoms with E-state index in [9.17, 15) is 0 Å². The first-order valence-corrected chi connectivity index (χ1v) is 7.06. The van der Waals surface area contributed by atoms with Crippen molar-refractivity contribution in [3.8, 4) is 0 Å². The number of unbranched alkanes of at least 4 members (excludes halogenated alkanes) is 8. The minimum atomic E-state index is 1.16. The molecule has 2 heteroatoms. The van der Waals surface area contributed by atoms with Gasteiger partial charge in [-0.15, -0.1) is 0 Å². The average molecular weight is 201 g/mol. The summed E-state index contributed by atoms with van der Waals surface area (Å²) in [6.45, 7) is 3.53. The monoisotopic (exact) mass is 201 g/mol. The lowest BCUT2D eigenvalue weighted by atomic mass is 10.1. The van der Waals surface area contributed by atoms with Crippen LogP contribution < -0.4 is 4.98 Å². The second kappa shape index (κ2) is 12.2. The predicted octanol–water partition coefficient (Wildman–Crippen LogP) is 2.39. The second-order valence-electron chi connectivity index (χ2n) is 3.93. The van der Waals surface area contributed by atoms with Crippen molar-refractivity contribution in [2.24, 2.45) is 0 Å². The van der Waals surface area contributed by atoms with Gasteiger partial charge in [-0.3, -0.25) is 0 Å². The minimum Gasteiger partial charge on any atom is -0.345 e. The fourth-order valence-corrected chi connectivity index (χ4v) is 1.97. The zero-order valence-electron chi connectivity index (χ0n) is 9.57. The number of rotatable bonds is 10. The number of hydrogen-bond acceptors (Lipinski definition) is 1. The van der Waals surface area contributed by atoms with E-state index in [4.69, 9.17) is 0 Å². The van der Waals surface area contributed by atoms with Gasteiger partial charge >= 0.3 is 0 Å². The molecule has 0 aromatic heterocycles. The maximum absolute atomic E-state index is 3.33. The first kappa shape index (κ1) is 13.2. The van der Waals surface area contributed by atoms with Crippen molar-refractivity contribution < 1.29 is 0 Å². The summed E-state index contributed by atoms with van der Waals surface area (Å²) in [5.74, 6) is 0. The smallest absolute Gasteiger partial charge is 0.0749 e. The molecule has 13 heavy (non-hydrogen) atoms. The van der Waals surface area contributed by atoms with Crippen LogP contribution in [0.15, 0.2) is 0 Å². The third-order valence-electron chi connectivity index (χ3n) is 2.53. The highest BCUT2D eigenvalue weighted by molar-refractivity contribution is 6.04. The first-order valence-electron chi connectivity index (χ1n) is 6.06. The Labute approximate surface area is 87.2 Å². The van der Waals surface area contributed by atoms with Gasteiger partial charge in [-0.2, -0.15) is 0 Å². The third-order valence-corrected chi connectivity index (χ3v) is 3.03. The summed E-state index contributed by atoms with van der Waals surface area (Å²) in [5.41, 5.74) is 0. The fraction of sp³-hybridized carbons (Fsp3) is 1.00. The van der Waals surface area contributed by atoms with Gasteiger partial charge in [-0.1, -0.05) is 58.3 Å². The van der Waals surface area contributed by atoms with Crippen molar-refractivity contribution in [1.82, 2.24) is 4.98 Å². The molecule has 0 saturated heterocycles. The van der Waals surface area contributed by atoms with Crippen molar-refractivity contribution in [2.45, 2.75) is 64.7 Å². The molecule has 0 aliphatic rings. The van der Waals surface area contributed by atoms with Crippen LogP contribution in [0.25, 0.3) is 0 Å². The lowest BCUT2D eigenvalue weighted by Gasteiger charge is -2.01. The van der Waals surface area contributed by atoms with E-state index in [1.165, 1.54) is 64.3 Å². The Hall–Kier alpha value is 0.177. The first-order chi connectivity index (χ1) is 6.41. The van der Waals surface area contributed by atoms with Crippen molar-refractivity contribution in [1.29, 1.82) is 0 Å². The van der Waals surface area contributed by atoms with Gasteiger partial charge in [-0.25, -0.2) is 0 Å². The maximum atomic E-state index is 3.33. The molecule has 0 aromatic rings. The molecule has 0 rings (SSSR count). The molecule has 1 N–H and O–H groups in total. The SMILES string of the molecule is CCCCCCCCCCCN[SiH3]. The summed E-state index contributed by atoms with van der Waals surface area (Å²) >= 11 is 0. The Morgan fingerprint density at radius 2 is 1.23 bits per heavy atom. The molecule has 0 aromatic carbocycles. The van der Waals surface area contributed by atoms with Crippen LogP contribution in [0.4, 0.5) is 0 Å². The summed E-state index contributed by atoms with van der Waals surface area (Å²) in [6.07, 6.45) is 12.9. The van der Waals surface area contributed by atoms with E-state index in [0.717, 1.165) is 10.4 Å². The van der Waals surface area contributed by atoms with E-state index in [0.29, 0.717) is 0 Å². The minimum absolute atomic E-state index is 1.16. The van der Waals surface area contributed by atoms with E-state index in [-0.39, 0.29) is 0 Å². The molecule has 0 atom stereocenters. The van der Waals surface area contributed by atoms with E-state index >= 15 is 0 Å². The van der Waals surface area contributed by atoms with Gasteiger partial charge in [0.1, 0.15) is 0 Å². The molecule has 0 fully saturated rings. The fourth-order valence-electron chi connectivity index (χ4n) is 1.61. The summed E-state index contributed by atoms with van der Waals surface area (Å²) in [5, 5.41) is 0. The second-order valence-corrected chi connectivity index (χ2v) is 4.64. The zero-order valence-corrected chi connectivity index (χ0v) is 11.6. The Bertz CT molecular complexity index is 76.2. The molecule has 0 heterocycles. The van der Waals surface area contributed by atoms with Crippen molar-refractivity contribution in [2.75, 3.05) is 6.54 Å². The van der Waals surface area contributed by atoms with Gasteiger partial charge in [0.15, 0.2) is 0 Å². The highest BCUT2D eigenvalue weighted by atomic mass is 28.2. The highest BCUT2D eigenvalue weighted by Gasteiger charge is 1.90. The molecule has 0 aliphatic carbocycles. The molecule has 0 unspecified atom stereocenters. The predicted molar refractivity (Wildman–Crippen MR) is 65.2 cm³/mol. The normalized spacial score (nSPS) is 10.8. The standard InChI is InChI=1S/C11H27NSi/c1-2-3-4-5-6-7-8-9-10-11-12-13/h12H,2-11H2,1,13H3. The molecule has 0 saturated carbocycles. The highest BCUT2D eigenvalue weighted by Crippen LogP contribution is 2.08. The number of hydrogen-bond donors (Lipinski definition) is 1. The molecule has 0 bridgehead atoms. The Morgan fingerprint density at radius 1 is 0.769 bits per heavy atom. The lowest BCUT2D eigenvalue weighted by molar-refractivity contribution is 0.564. The van der Waals surface area contributed by atoms with Gasteiger partial charge < -0.3 is 4.98 Å². The molecule has 0 radical (unpaired) electrons. The van der Waals surface area contributed by atoms with Crippen LogP contribution in [-0.4, -0.2) is 16.9 Å². The molecule has 0 spiro atoms. The Balaban J connectivity index is 2.76. The van der Waals surface area contributed by atoms with Crippen molar-refractivity contribution in [3.05, 3.63) is 0 Å². The van der Waals surface area contributed by atoms with E-state index < -0.39 is 0 Å². The van der Waals surface area contributed by atoms with Gasteiger partial charge in [0.2, 0.25) is 0 Å². The van der Waals surface area contributed by atoms with Gasteiger partial charge in [0, 0.05) is 0 Å². The van der Waals surface area contributed by atoms with Gasteiger partial charge in [0.05, 0.1) is 10.4 Å². The molecule has 0 aliphatic heterocycles. The molecule has 1 nitrogen and oxygen atoms in total.